The first-order chi connectivity index (χ1) is 10.1. The van der Waals surface area contributed by atoms with Crippen molar-refractivity contribution in [3.05, 3.63) is 65.7 Å². The van der Waals surface area contributed by atoms with Crippen LogP contribution in [0.5, 0.6) is 0 Å². The van der Waals surface area contributed by atoms with Crippen molar-refractivity contribution in [2.45, 2.75) is 13.3 Å². The minimum absolute atomic E-state index is 0.0351. The second-order valence-corrected chi connectivity index (χ2v) is 4.65. The first-order valence-corrected chi connectivity index (χ1v) is 6.55. The van der Waals surface area contributed by atoms with Crippen molar-refractivity contribution in [1.29, 1.82) is 0 Å². The van der Waals surface area contributed by atoms with Crippen molar-refractivity contribution in [2.75, 3.05) is 5.32 Å². The smallest absolute Gasteiger partial charge is 0.232 e. The van der Waals surface area contributed by atoms with Crippen LogP contribution in [0.1, 0.15) is 34.1 Å². The second-order valence-electron chi connectivity index (χ2n) is 4.65. The zero-order valence-electron chi connectivity index (χ0n) is 11.6. The van der Waals surface area contributed by atoms with E-state index in [-0.39, 0.29) is 23.9 Å². The second kappa shape index (κ2) is 6.61. The topological polar surface area (TPSA) is 63.2 Å². The molecule has 106 valence electrons. The maximum absolute atomic E-state index is 11.9. The number of Topliss-reactive ketones (excluding diaryl/α,β-unsaturated/α-hetero) is 2. The van der Waals surface area contributed by atoms with E-state index in [2.05, 4.69) is 5.32 Å². The zero-order chi connectivity index (χ0) is 15.2. The molecule has 0 heterocycles. The van der Waals surface area contributed by atoms with Gasteiger partial charge in [-0.1, -0.05) is 30.3 Å². The van der Waals surface area contributed by atoms with Crippen molar-refractivity contribution >= 4 is 23.2 Å². The summed E-state index contributed by atoms with van der Waals surface area (Å²) in [5.41, 5.74) is 1.65. The summed E-state index contributed by atoms with van der Waals surface area (Å²) in [7, 11) is 0. The highest BCUT2D eigenvalue weighted by molar-refractivity contribution is 6.11. The van der Waals surface area contributed by atoms with Gasteiger partial charge in [0.05, 0.1) is 6.42 Å². The van der Waals surface area contributed by atoms with E-state index in [9.17, 15) is 14.4 Å². The molecule has 0 fully saturated rings. The van der Waals surface area contributed by atoms with Gasteiger partial charge in [-0.2, -0.15) is 0 Å². The van der Waals surface area contributed by atoms with Gasteiger partial charge >= 0.3 is 0 Å². The van der Waals surface area contributed by atoms with Crippen LogP contribution in [0.25, 0.3) is 0 Å². The molecule has 1 amide bonds. The Hall–Kier alpha value is -2.75. The van der Waals surface area contributed by atoms with Gasteiger partial charge in [-0.3, -0.25) is 14.4 Å². The maximum Gasteiger partial charge on any atom is 0.232 e. The van der Waals surface area contributed by atoms with Gasteiger partial charge in [0.1, 0.15) is 0 Å². The molecule has 0 atom stereocenters. The summed E-state index contributed by atoms with van der Waals surface area (Å²) in [5.74, 6) is -0.639. The molecule has 0 bridgehead atoms. The van der Waals surface area contributed by atoms with Crippen LogP contribution in [0.15, 0.2) is 54.6 Å². The number of anilines is 1. The van der Waals surface area contributed by atoms with E-state index in [1.165, 1.54) is 6.92 Å². The predicted molar refractivity (Wildman–Crippen MR) is 80.5 cm³/mol. The standard InChI is InChI=1S/C17H15NO3/c1-12(19)13-7-9-15(10-8-13)18-17(21)11-16(20)14-5-3-2-4-6-14/h2-10H,11H2,1H3,(H,18,21). The van der Waals surface area contributed by atoms with Gasteiger partial charge in [-0.05, 0) is 31.2 Å². The summed E-state index contributed by atoms with van der Waals surface area (Å²) >= 11 is 0. The van der Waals surface area contributed by atoms with Gasteiger partial charge in [0.2, 0.25) is 5.91 Å². The Balaban J connectivity index is 1.95. The summed E-state index contributed by atoms with van der Waals surface area (Å²) in [6.45, 7) is 1.48. The Morgan fingerprint density at radius 1 is 0.857 bits per heavy atom. The van der Waals surface area contributed by atoms with Crippen molar-refractivity contribution in [1.82, 2.24) is 0 Å². The van der Waals surface area contributed by atoms with Crippen LogP contribution in [-0.2, 0) is 4.79 Å². The molecular formula is C17H15NO3. The fourth-order valence-corrected chi connectivity index (χ4v) is 1.87. The van der Waals surface area contributed by atoms with E-state index < -0.39 is 0 Å². The highest BCUT2D eigenvalue weighted by Crippen LogP contribution is 2.11. The third-order valence-corrected chi connectivity index (χ3v) is 2.99. The Kier molecular flexibility index (Phi) is 4.61. The number of carbonyl (C=O) groups excluding carboxylic acids is 3. The summed E-state index contributed by atoms with van der Waals surface area (Å²) in [4.78, 5) is 34.8. The summed E-state index contributed by atoms with van der Waals surface area (Å²) in [6.07, 6.45) is -0.210. The summed E-state index contributed by atoms with van der Waals surface area (Å²) in [6, 6.07) is 15.2. The molecule has 0 aliphatic heterocycles. The first kappa shape index (κ1) is 14.7. The number of hydrogen-bond donors (Lipinski definition) is 1. The average Bonchev–Trinajstić information content (AvgIpc) is 2.48. The zero-order valence-corrected chi connectivity index (χ0v) is 11.6. The number of rotatable bonds is 5. The van der Waals surface area contributed by atoms with E-state index in [4.69, 9.17) is 0 Å². The minimum atomic E-state index is -0.376. The third kappa shape index (κ3) is 4.11. The van der Waals surface area contributed by atoms with Crippen molar-refractivity contribution in [2.24, 2.45) is 0 Å². The van der Waals surface area contributed by atoms with Gasteiger partial charge < -0.3 is 5.32 Å². The van der Waals surface area contributed by atoms with Crippen LogP contribution in [0, 0.1) is 0 Å². The van der Waals surface area contributed by atoms with Gasteiger partial charge in [0.15, 0.2) is 11.6 Å². The molecule has 0 saturated carbocycles. The molecule has 2 rings (SSSR count). The number of ketones is 2. The largest absolute Gasteiger partial charge is 0.326 e. The molecule has 2 aromatic rings. The fraction of sp³-hybridized carbons (Fsp3) is 0.118. The van der Waals surface area contributed by atoms with Crippen molar-refractivity contribution in [3.8, 4) is 0 Å². The van der Waals surface area contributed by atoms with Crippen LogP contribution in [0.2, 0.25) is 0 Å². The molecule has 0 saturated heterocycles. The number of hydrogen-bond acceptors (Lipinski definition) is 3. The molecule has 0 aromatic heterocycles. The highest BCUT2D eigenvalue weighted by atomic mass is 16.2. The van der Waals surface area contributed by atoms with E-state index in [0.29, 0.717) is 16.8 Å². The molecule has 4 heteroatoms. The Morgan fingerprint density at radius 3 is 2.05 bits per heavy atom. The molecule has 1 N–H and O–H groups in total. The van der Waals surface area contributed by atoms with Crippen LogP contribution in [-0.4, -0.2) is 17.5 Å². The summed E-state index contributed by atoms with van der Waals surface area (Å²) in [5, 5.41) is 2.64. The average molecular weight is 281 g/mol. The van der Waals surface area contributed by atoms with Crippen LogP contribution < -0.4 is 5.32 Å². The third-order valence-electron chi connectivity index (χ3n) is 2.99. The maximum atomic E-state index is 11.9. The number of nitrogens with one attached hydrogen (secondary N) is 1. The van der Waals surface area contributed by atoms with Gasteiger partial charge in [-0.15, -0.1) is 0 Å². The monoisotopic (exact) mass is 281 g/mol. The SMILES string of the molecule is CC(=O)c1ccc(NC(=O)CC(=O)c2ccccc2)cc1. The molecule has 0 unspecified atom stereocenters. The molecule has 0 aliphatic rings. The van der Waals surface area contributed by atoms with Crippen LogP contribution >= 0.6 is 0 Å². The quantitative estimate of drug-likeness (QED) is 0.676. The van der Waals surface area contributed by atoms with Crippen LogP contribution in [0.3, 0.4) is 0 Å². The lowest BCUT2D eigenvalue weighted by Crippen LogP contribution is -2.16. The summed E-state index contributed by atoms with van der Waals surface area (Å²) < 4.78 is 0. The molecule has 0 radical (unpaired) electrons. The van der Waals surface area contributed by atoms with E-state index in [0.717, 1.165) is 0 Å². The fourth-order valence-electron chi connectivity index (χ4n) is 1.87. The van der Waals surface area contributed by atoms with Crippen molar-refractivity contribution in [3.63, 3.8) is 0 Å². The number of benzene rings is 2. The van der Waals surface area contributed by atoms with E-state index in [1.807, 2.05) is 6.07 Å². The highest BCUT2D eigenvalue weighted by Gasteiger charge is 2.11. The molecule has 4 nitrogen and oxygen atoms in total. The molecule has 21 heavy (non-hydrogen) atoms. The molecule has 0 spiro atoms. The lowest BCUT2D eigenvalue weighted by Gasteiger charge is -2.05. The van der Waals surface area contributed by atoms with Gasteiger partial charge in [0.25, 0.3) is 0 Å². The first-order valence-electron chi connectivity index (χ1n) is 6.55. The molecular weight excluding hydrogens is 266 g/mol. The lowest BCUT2D eigenvalue weighted by atomic mass is 10.1. The Morgan fingerprint density at radius 2 is 1.48 bits per heavy atom. The molecule has 2 aromatic carbocycles. The number of carbonyl (C=O) groups is 3. The van der Waals surface area contributed by atoms with Crippen molar-refractivity contribution < 1.29 is 14.4 Å². The van der Waals surface area contributed by atoms with E-state index >= 15 is 0 Å². The lowest BCUT2D eigenvalue weighted by molar-refractivity contribution is -0.115. The van der Waals surface area contributed by atoms with Gasteiger partial charge in [0, 0.05) is 16.8 Å². The minimum Gasteiger partial charge on any atom is -0.326 e. The predicted octanol–water partition coefficient (Wildman–Crippen LogP) is 3.10. The van der Waals surface area contributed by atoms with E-state index in [1.54, 1.807) is 48.5 Å². The normalized spacial score (nSPS) is 9.95. The van der Waals surface area contributed by atoms with Crippen LogP contribution in [0.4, 0.5) is 5.69 Å². The Labute approximate surface area is 122 Å². The Bertz CT molecular complexity index is 660. The van der Waals surface area contributed by atoms with Gasteiger partial charge in [-0.25, -0.2) is 0 Å². The molecule has 0 aliphatic carbocycles. The number of amides is 1.